The fourth-order valence-corrected chi connectivity index (χ4v) is 4.79. The van der Waals surface area contributed by atoms with Crippen molar-refractivity contribution in [2.24, 2.45) is 11.8 Å². The summed E-state index contributed by atoms with van der Waals surface area (Å²) in [6.45, 7) is 2.33. The van der Waals surface area contributed by atoms with Crippen molar-refractivity contribution in [3.63, 3.8) is 0 Å². The lowest BCUT2D eigenvalue weighted by molar-refractivity contribution is -0.144. The summed E-state index contributed by atoms with van der Waals surface area (Å²) in [7, 11) is 0. The van der Waals surface area contributed by atoms with Gasteiger partial charge in [-0.3, -0.25) is 9.69 Å². The summed E-state index contributed by atoms with van der Waals surface area (Å²) < 4.78 is 0. The molecule has 3 aliphatic rings. The lowest BCUT2D eigenvalue weighted by Crippen LogP contribution is -2.49. The highest BCUT2D eigenvalue weighted by atomic mass is 16.4. The van der Waals surface area contributed by atoms with E-state index < -0.39 is 5.97 Å². The van der Waals surface area contributed by atoms with Crippen LogP contribution in [-0.4, -0.2) is 34.1 Å². The number of nitrogens with zero attached hydrogens (tertiary/aromatic N) is 1. The molecular weight excluding hydrogens is 238 g/mol. The van der Waals surface area contributed by atoms with E-state index in [0.717, 1.165) is 12.3 Å². The van der Waals surface area contributed by atoms with Crippen LogP contribution in [0.3, 0.4) is 0 Å². The Kier molecular flexibility index (Phi) is 3.84. The average molecular weight is 265 g/mol. The smallest absolute Gasteiger partial charge is 0.320 e. The van der Waals surface area contributed by atoms with Crippen LogP contribution in [0.25, 0.3) is 0 Å². The van der Waals surface area contributed by atoms with Crippen LogP contribution in [0.4, 0.5) is 0 Å². The van der Waals surface area contributed by atoms with Gasteiger partial charge < -0.3 is 5.11 Å². The van der Waals surface area contributed by atoms with Crippen LogP contribution in [-0.2, 0) is 4.79 Å². The molecule has 3 heteroatoms. The van der Waals surface area contributed by atoms with Crippen LogP contribution in [0.1, 0.15) is 64.7 Å². The summed E-state index contributed by atoms with van der Waals surface area (Å²) in [6, 6.07) is 0.935. The largest absolute Gasteiger partial charge is 0.480 e. The van der Waals surface area contributed by atoms with Gasteiger partial charge in [-0.15, -0.1) is 0 Å². The Morgan fingerprint density at radius 3 is 2.42 bits per heavy atom. The minimum atomic E-state index is -0.576. The van der Waals surface area contributed by atoms with Gasteiger partial charge in [0, 0.05) is 12.1 Å². The van der Waals surface area contributed by atoms with Crippen molar-refractivity contribution in [3.05, 3.63) is 0 Å². The van der Waals surface area contributed by atoms with Crippen molar-refractivity contribution in [2.75, 3.05) is 0 Å². The Hall–Kier alpha value is -0.570. The molecule has 0 aromatic carbocycles. The van der Waals surface area contributed by atoms with Gasteiger partial charge in [0.05, 0.1) is 0 Å². The first-order valence-corrected chi connectivity index (χ1v) is 8.17. The van der Waals surface area contributed by atoms with Crippen LogP contribution < -0.4 is 0 Å². The number of likely N-dealkylation sites (tertiary alicyclic amines) is 1. The number of carbonyl (C=O) groups is 1. The maximum atomic E-state index is 11.6. The van der Waals surface area contributed by atoms with E-state index in [1.807, 2.05) is 0 Å². The molecule has 3 fully saturated rings. The molecule has 2 saturated carbocycles. The topological polar surface area (TPSA) is 40.5 Å². The molecule has 2 aliphatic carbocycles. The standard InChI is InChI=1S/C16H27NO2/c1-11-6-8-13(9-7-11)17-14-5-3-2-4-12(14)10-15(17)16(18)19/h11-15H,2-10H2,1H3,(H,18,19). The summed E-state index contributed by atoms with van der Waals surface area (Å²) in [4.78, 5) is 14.1. The second-order valence-corrected chi connectivity index (χ2v) is 7.06. The van der Waals surface area contributed by atoms with Crippen LogP contribution in [0.5, 0.6) is 0 Å². The van der Waals surface area contributed by atoms with E-state index in [9.17, 15) is 9.90 Å². The van der Waals surface area contributed by atoms with Gasteiger partial charge in [-0.2, -0.15) is 0 Å². The van der Waals surface area contributed by atoms with Crippen molar-refractivity contribution >= 4 is 5.97 Å². The van der Waals surface area contributed by atoms with Gasteiger partial charge >= 0.3 is 5.97 Å². The molecule has 3 rings (SSSR count). The zero-order chi connectivity index (χ0) is 13.4. The first kappa shape index (κ1) is 13.4. The minimum Gasteiger partial charge on any atom is -0.480 e. The Labute approximate surface area is 116 Å². The first-order valence-electron chi connectivity index (χ1n) is 8.17. The molecule has 0 spiro atoms. The van der Waals surface area contributed by atoms with Crippen LogP contribution >= 0.6 is 0 Å². The zero-order valence-corrected chi connectivity index (χ0v) is 12.1. The Morgan fingerprint density at radius 2 is 1.74 bits per heavy atom. The lowest BCUT2D eigenvalue weighted by atomic mass is 9.83. The Balaban J connectivity index is 1.76. The highest BCUT2D eigenvalue weighted by Crippen LogP contribution is 2.43. The number of carboxylic acids is 1. The molecule has 0 aromatic rings. The number of hydrogen-bond donors (Lipinski definition) is 1. The SMILES string of the molecule is CC1CCC(N2C(C(=O)O)CC3CCCCC32)CC1. The Bertz CT molecular complexity index is 336. The molecule has 0 aromatic heterocycles. The van der Waals surface area contributed by atoms with E-state index >= 15 is 0 Å². The van der Waals surface area contributed by atoms with E-state index in [2.05, 4.69) is 11.8 Å². The summed E-state index contributed by atoms with van der Waals surface area (Å²) in [5, 5.41) is 9.57. The van der Waals surface area contributed by atoms with Crippen LogP contribution in [0, 0.1) is 11.8 Å². The van der Waals surface area contributed by atoms with Gasteiger partial charge in [0.15, 0.2) is 0 Å². The van der Waals surface area contributed by atoms with Gasteiger partial charge in [0.25, 0.3) is 0 Å². The molecule has 3 unspecified atom stereocenters. The first-order chi connectivity index (χ1) is 9.16. The maximum Gasteiger partial charge on any atom is 0.320 e. The van der Waals surface area contributed by atoms with E-state index in [1.54, 1.807) is 0 Å². The normalized spacial score (nSPS) is 43.9. The van der Waals surface area contributed by atoms with Crippen molar-refractivity contribution in [1.82, 2.24) is 4.90 Å². The number of rotatable bonds is 2. The van der Waals surface area contributed by atoms with E-state index in [1.165, 1.54) is 51.4 Å². The molecule has 3 atom stereocenters. The molecule has 1 heterocycles. The van der Waals surface area contributed by atoms with Gasteiger partial charge in [0.1, 0.15) is 6.04 Å². The number of hydrogen-bond acceptors (Lipinski definition) is 2. The molecule has 19 heavy (non-hydrogen) atoms. The Morgan fingerprint density at radius 1 is 1.05 bits per heavy atom. The van der Waals surface area contributed by atoms with Gasteiger partial charge in [-0.1, -0.05) is 19.8 Å². The molecule has 0 amide bonds. The maximum absolute atomic E-state index is 11.6. The van der Waals surface area contributed by atoms with Crippen LogP contribution in [0.15, 0.2) is 0 Å². The van der Waals surface area contributed by atoms with Crippen molar-refractivity contribution in [2.45, 2.75) is 82.8 Å². The predicted octanol–water partition coefficient (Wildman–Crippen LogP) is 3.28. The number of fused-ring (bicyclic) bond motifs is 1. The minimum absolute atomic E-state index is 0.188. The summed E-state index contributed by atoms with van der Waals surface area (Å²) in [6.07, 6.45) is 11.0. The summed E-state index contributed by atoms with van der Waals surface area (Å²) in [5.74, 6) is 0.923. The van der Waals surface area contributed by atoms with Crippen molar-refractivity contribution in [1.29, 1.82) is 0 Å². The molecule has 1 aliphatic heterocycles. The fourth-order valence-electron chi connectivity index (χ4n) is 4.79. The molecule has 1 saturated heterocycles. The second-order valence-electron chi connectivity index (χ2n) is 7.06. The third kappa shape index (κ3) is 2.54. The third-order valence-corrected chi connectivity index (χ3v) is 5.83. The predicted molar refractivity (Wildman–Crippen MR) is 75.0 cm³/mol. The highest BCUT2D eigenvalue weighted by molar-refractivity contribution is 5.74. The van der Waals surface area contributed by atoms with Crippen LogP contribution in [0.2, 0.25) is 0 Å². The average Bonchev–Trinajstić information content (AvgIpc) is 2.79. The second kappa shape index (κ2) is 5.43. The molecule has 0 radical (unpaired) electrons. The number of carboxylic acid groups (broad SMARTS) is 1. The van der Waals surface area contributed by atoms with Gasteiger partial charge in [-0.25, -0.2) is 0 Å². The van der Waals surface area contributed by atoms with Crippen molar-refractivity contribution in [3.8, 4) is 0 Å². The molecule has 0 bridgehead atoms. The fraction of sp³-hybridized carbons (Fsp3) is 0.938. The number of aliphatic carboxylic acids is 1. The highest BCUT2D eigenvalue weighted by Gasteiger charge is 2.48. The van der Waals surface area contributed by atoms with Crippen molar-refractivity contribution < 1.29 is 9.90 Å². The van der Waals surface area contributed by atoms with E-state index in [4.69, 9.17) is 0 Å². The van der Waals surface area contributed by atoms with Gasteiger partial charge in [-0.05, 0) is 56.8 Å². The molecule has 108 valence electrons. The molecule has 1 N–H and O–H groups in total. The zero-order valence-electron chi connectivity index (χ0n) is 12.1. The quantitative estimate of drug-likeness (QED) is 0.833. The monoisotopic (exact) mass is 265 g/mol. The summed E-state index contributed by atoms with van der Waals surface area (Å²) in [5.41, 5.74) is 0. The summed E-state index contributed by atoms with van der Waals surface area (Å²) >= 11 is 0. The van der Waals surface area contributed by atoms with E-state index in [-0.39, 0.29) is 6.04 Å². The van der Waals surface area contributed by atoms with Gasteiger partial charge in [0.2, 0.25) is 0 Å². The molecule has 3 nitrogen and oxygen atoms in total. The molecular formula is C16H27NO2. The van der Waals surface area contributed by atoms with E-state index in [0.29, 0.717) is 18.0 Å². The third-order valence-electron chi connectivity index (χ3n) is 5.83. The lowest BCUT2D eigenvalue weighted by Gasteiger charge is -2.41.